The van der Waals surface area contributed by atoms with Gasteiger partial charge in [-0.25, -0.2) is 9.78 Å². The van der Waals surface area contributed by atoms with Gasteiger partial charge in [-0.2, -0.15) is 0 Å². The number of alkyl carbamates (subject to hydrolysis) is 1. The Bertz CT molecular complexity index is 510. The summed E-state index contributed by atoms with van der Waals surface area (Å²) in [5, 5.41) is 9.77. The molecule has 1 fully saturated rings. The third-order valence-corrected chi connectivity index (χ3v) is 4.97. The third kappa shape index (κ3) is 6.47. The monoisotopic (exact) mass is 339 g/mol. The molecule has 1 aliphatic rings. The smallest absolute Gasteiger partial charge is 0.407 e. The van der Waals surface area contributed by atoms with Crippen LogP contribution in [0.15, 0.2) is 5.38 Å². The van der Waals surface area contributed by atoms with E-state index in [1.807, 2.05) is 27.7 Å². The van der Waals surface area contributed by atoms with Crippen molar-refractivity contribution in [3.8, 4) is 0 Å². The summed E-state index contributed by atoms with van der Waals surface area (Å²) < 4.78 is 5.32. The molecule has 0 aliphatic heterocycles. The van der Waals surface area contributed by atoms with Crippen LogP contribution in [0.1, 0.15) is 57.2 Å². The highest BCUT2D eigenvalue weighted by Gasteiger charge is 2.26. The maximum atomic E-state index is 11.8. The normalized spacial score (nSPS) is 21.9. The van der Waals surface area contributed by atoms with Crippen LogP contribution in [0, 0.1) is 12.8 Å². The number of carbonyl (C=O) groups is 1. The van der Waals surface area contributed by atoms with Crippen LogP contribution < -0.4 is 10.6 Å². The van der Waals surface area contributed by atoms with Crippen molar-refractivity contribution in [3.63, 3.8) is 0 Å². The molecule has 6 heteroatoms. The van der Waals surface area contributed by atoms with Gasteiger partial charge in [-0.15, -0.1) is 11.3 Å². The van der Waals surface area contributed by atoms with Crippen molar-refractivity contribution < 1.29 is 9.53 Å². The number of nitrogens with zero attached hydrogens (tertiary/aromatic N) is 1. The topological polar surface area (TPSA) is 63.2 Å². The summed E-state index contributed by atoms with van der Waals surface area (Å²) in [6.07, 6.45) is 4.46. The van der Waals surface area contributed by atoms with Crippen molar-refractivity contribution in [2.24, 2.45) is 5.92 Å². The Kier molecular flexibility index (Phi) is 6.41. The molecule has 1 heterocycles. The summed E-state index contributed by atoms with van der Waals surface area (Å²) in [6.45, 7) is 9.15. The highest BCUT2D eigenvalue weighted by atomic mass is 32.1. The summed E-state index contributed by atoms with van der Waals surface area (Å²) in [5.74, 6) is 0.456. The van der Waals surface area contributed by atoms with E-state index >= 15 is 0 Å². The Labute approximate surface area is 143 Å². The van der Waals surface area contributed by atoms with Crippen LogP contribution in [0.25, 0.3) is 0 Å². The number of amides is 1. The number of ether oxygens (including phenoxy) is 1. The van der Waals surface area contributed by atoms with E-state index in [9.17, 15) is 4.79 Å². The van der Waals surface area contributed by atoms with E-state index in [0.717, 1.165) is 30.1 Å². The molecule has 2 atom stereocenters. The molecular weight excluding hydrogens is 310 g/mol. The molecule has 23 heavy (non-hydrogen) atoms. The molecule has 2 unspecified atom stereocenters. The third-order valence-electron chi connectivity index (χ3n) is 4.00. The lowest BCUT2D eigenvalue weighted by Gasteiger charge is -2.32. The summed E-state index contributed by atoms with van der Waals surface area (Å²) in [4.78, 5) is 16.3. The lowest BCUT2D eigenvalue weighted by molar-refractivity contribution is 0.0510. The molecule has 0 aromatic carbocycles. The van der Waals surface area contributed by atoms with Gasteiger partial charge in [0.1, 0.15) is 10.6 Å². The van der Waals surface area contributed by atoms with Gasteiger partial charge < -0.3 is 15.4 Å². The van der Waals surface area contributed by atoms with Crippen LogP contribution >= 0.6 is 11.3 Å². The van der Waals surface area contributed by atoms with E-state index in [2.05, 4.69) is 21.0 Å². The number of aryl methyl sites for hydroxylation is 1. The number of aromatic nitrogens is 1. The van der Waals surface area contributed by atoms with Crippen LogP contribution in [0.2, 0.25) is 0 Å². The molecule has 0 radical (unpaired) electrons. The van der Waals surface area contributed by atoms with Crippen molar-refractivity contribution in [1.82, 2.24) is 15.6 Å². The molecule has 2 N–H and O–H groups in total. The average Bonchev–Trinajstić information content (AvgIpc) is 2.87. The Balaban J connectivity index is 1.79. The molecule has 2 rings (SSSR count). The first-order chi connectivity index (χ1) is 10.8. The summed E-state index contributed by atoms with van der Waals surface area (Å²) in [6, 6.07) is 0.433. The first-order valence-corrected chi connectivity index (χ1v) is 9.33. The predicted octanol–water partition coefficient (Wildman–Crippen LogP) is 3.62. The second kappa shape index (κ2) is 8.11. The molecule has 1 aliphatic carbocycles. The van der Waals surface area contributed by atoms with E-state index < -0.39 is 5.60 Å². The highest BCUT2D eigenvalue weighted by Crippen LogP contribution is 2.24. The lowest BCUT2D eigenvalue weighted by Crippen LogP contribution is -2.44. The fourth-order valence-corrected chi connectivity index (χ4v) is 3.67. The molecule has 1 aromatic rings. The minimum absolute atomic E-state index is 0.322. The minimum atomic E-state index is -0.447. The molecule has 1 aromatic heterocycles. The summed E-state index contributed by atoms with van der Waals surface area (Å²) in [7, 11) is 0. The Hall–Kier alpha value is -1.14. The Morgan fingerprint density at radius 3 is 2.78 bits per heavy atom. The molecule has 0 saturated heterocycles. The molecule has 5 nitrogen and oxygen atoms in total. The average molecular weight is 340 g/mol. The van der Waals surface area contributed by atoms with Gasteiger partial charge >= 0.3 is 6.09 Å². The standard InChI is InChI=1S/C17H29N3O2S/c1-12-11-23-15(20-12)10-18-14-8-6-5-7-13(14)9-19-16(21)22-17(2,3)4/h11,13-14,18H,5-10H2,1-4H3,(H,19,21). The summed E-state index contributed by atoms with van der Waals surface area (Å²) in [5.41, 5.74) is 0.635. The maximum absolute atomic E-state index is 11.8. The van der Waals surface area contributed by atoms with Crippen LogP contribution in [0.5, 0.6) is 0 Å². The number of thiazole rings is 1. The van der Waals surface area contributed by atoms with Gasteiger partial charge in [-0.05, 0) is 46.5 Å². The molecule has 1 amide bonds. The van der Waals surface area contributed by atoms with Crippen molar-refractivity contribution in [1.29, 1.82) is 0 Å². The largest absolute Gasteiger partial charge is 0.444 e. The van der Waals surface area contributed by atoms with Crippen molar-refractivity contribution in [3.05, 3.63) is 16.1 Å². The fraction of sp³-hybridized carbons (Fsp3) is 0.765. The predicted molar refractivity (Wildman–Crippen MR) is 93.7 cm³/mol. The van der Waals surface area contributed by atoms with Crippen LogP contribution in [0.4, 0.5) is 4.79 Å². The fourth-order valence-electron chi connectivity index (χ4n) is 2.95. The number of nitrogens with one attached hydrogen (secondary N) is 2. The highest BCUT2D eigenvalue weighted by molar-refractivity contribution is 7.09. The van der Waals surface area contributed by atoms with E-state index in [-0.39, 0.29) is 6.09 Å². The molecule has 0 bridgehead atoms. The number of hydrogen-bond donors (Lipinski definition) is 2. The van der Waals surface area contributed by atoms with E-state index in [1.54, 1.807) is 11.3 Å². The van der Waals surface area contributed by atoms with E-state index in [4.69, 9.17) is 4.74 Å². The molecule has 130 valence electrons. The van der Waals surface area contributed by atoms with Crippen LogP contribution in [-0.4, -0.2) is 29.3 Å². The Morgan fingerprint density at radius 2 is 2.13 bits per heavy atom. The number of rotatable bonds is 5. The van der Waals surface area contributed by atoms with E-state index in [1.165, 1.54) is 12.8 Å². The quantitative estimate of drug-likeness (QED) is 0.860. The summed E-state index contributed by atoms with van der Waals surface area (Å²) >= 11 is 1.70. The second-order valence-electron chi connectivity index (χ2n) is 7.30. The SMILES string of the molecule is Cc1csc(CNC2CCCCC2CNC(=O)OC(C)(C)C)n1. The van der Waals surface area contributed by atoms with Gasteiger partial charge in [-0.3, -0.25) is 0 Å². The van der Waals surface area contributed by atoms with Gasteiger partial charge in [0, 0.05) is 30.2 Å². The van der Waals surface area contributed by atoms with Crippen molar-refractivity contribution in [2.45, 2.75) is 71.6 Å². The minimum Gasteiger partial charge on any atom is -0.444 e. The number of hydrogen-bond acceptors (Lipinski definition) is 5. The van der Waals surface area contributed by atoms with Gasteiger partial charge in [0.15, 0.2) is 0 Å². The zero-order chi connectivity index (χ0) is 16.9. The lowest BCUT2D eigenvalue weighted by atomic mass is 9.84. The zero-order valence-corrected chi connectivity index (χ0v) is 15.5. The van der Waals surface area contributed by atoms with Gasteiger partial charge in [0.2, 0.25) is 0 Å². The van der Waals surface area contributed by atoms with Gasteiger partial charge in [0.25, 0.3) is 0 Å². The molecule has 0 spiro atoms. The number of carbonyl (C=O) groups excluding carboxylic acids is 1. The van der Waals surface area contributed by atoms with Crippen molar-refractivity contribution >= 4 is 17.4 Å². The maximum Gasteiger partial charge on any atom is 0.407 e. The first-order valence-electron chi connectivity index (χ1n) is 8.45. The van der Waals surface area contributed by atoms with Crippen LogP contribution in [-0.2, 0) is 11.3 Å². The molecule has 1 saturated carbocycles. The van der Waals surface area contributed by atoms with Crippen molar-refractivity contribution in [2.75, 3.05) is 6.54 Å². The van der Waals surface area contributed by atoms with Gasteiger partial charge in [0.05, 0.1) is 0 Å². The van der Waals surface area contributed by atoms with Crippen LogP contribution in [0.3, 0.4) is 0 Å². The Morgan fingerprint density at radius 1 is 1.39 bits per heavy atom. The van der Waals surface area contributed by atoms with Gasteiger partial charge in [-0.1, -0.05) is 12.8 Å². The van der Waals surface area contributed by atoms with E-state index in [0.29, 0.717) is 18.5 Å². The second-order valence-corrected chi connectivity index (χ2v) is 8.24. The molecular formula is C17H29N3O2S. The zero-order valence-electron chi connectivity index (χ0n) is 14.6. The first kappa shape index (κ1) is 18.2.